The maximum atomic E-state index is 12.2. The first-order chi connectivity index (χ1) is 13.5. The van der Waals surface area contributed by atoms with E-state index in [-0.39, 0.29) is 5.91 Å². The number of rotatable bonds is 5. The van der Waals surface area contributed by atoms with Gasteiger partial charge in [-0.25, -0.2) is 0 Å². The number of carbonyl (C=O) groups excluding carboxylic acids is 3. The van der Waals surface area contributed by atoms with Crippen LogP contribution in [-0.4, -0.2) is 17.7 Å². The normalized spacial score (nSPS) is 14.7. The topological polar surface area (TPSA) is 87.3 Å². The molecule has 3 amide bonds. The molecule has 2 aromatic rings. The molecule has 1 radical (unpaired) electrons. The van der Waals surface area contributed by atoms with E-state index in [9.17, 15) is 14.4 Å². The molecule has 0 unspecified atom stereocenters. The molecule has 6 nitrogen and oxygen atoms in total. The van der Waals surface area contributed by atoms with E-state index in [4.69, 9.17) is 0 Å². The van der Waals surface area contributed by atoms with Gasteiger partial charge in [0.1, 0.15) is 0 Å². The molecule has 0 bridgehead atoms. The largest absolute Gasteiger partial charge is 0.386 e. The minimum absolute atomic E-state index is 0.208. The van der Waals surface area contributed by atoms with Crippen molar-refractivity contribution in [2.45, 2.75) is 13.5 Å². The number of halogens is 1. The highest BCUT2D eigenvalue weighted by Gasteiger charge is 2.27. The predicted molar refractivity (Wildman–Crippen MR) is 115 cm³/mol. The fourth-order valence-electron chi connectivity index (χ4n) is 2.68. The van der Waals surface area contributed by atoms with E-state index < -0.39 is 11.8 Å². The van der Waals surface area contributed by atoms with Crippen LogP contribution >= 0.6 is 22.6 Å². The molecule has 7 heteroatoms. The average molecular weight is 486 g/mol. The molecule has 2 aromatic carbocycles. The summed E-state index contributed by atoms with van der Waals surface area (Å²) in [5.41, 5.74) is 3.01. The Morgan fingerprint density at radius 2 is 2.00 bits per heavy atom. The van der Waals surface area contributed by atoms with Crippen LogP contribution in [0.2, 0.25) is 0 Å². The number of anilines is 1. The van der Waals surface area contributed by atoms with E-state index in [1.54, 1.807) is 37.4 Å². The van der Waals surface area contributed by atoms with Crippen LogP contribution in [0.4, 0.5) is 5.69 Å². The molecular formula is C21H17IN3O3. The number of hydrogen-bond donors (Lipinski definition) is 3. The SMILES string of the molecule is C/C=C/C(=O)Nc1[c]cc(CN/C=C2\C(=O)NC(=O)c3ccc(I)cc32)cc1. The third-order valence-corrected chi connectivity index (χ3v) is 4.66. The molecule has 0 saturated carbocycles. The number of allylic oxidation sites excluding steroid dienone is 1. The van der Waals surface area contributed by atoms with Gasteiger partial charge in [-0.05, 0) is 71.5 Å². The zero-order valence-corrected chi connectivity index (χ0v) is 17.2. The molecule has 0 fully saturated rings. The number of fused-ring (bicyclic) bond motifs is 1. The van der Waals surface area contributed by atoms with Crippen molar-refractivity contribution in [3.05, 3.63) is 81.1 Å². The van der Waals surface area contributed by atoms with Crippen LogP contribution in [0.5, 0.6) is 0 Å². The second kappa shape index (κ2) is 8.83. The first kappa shape index (κ1) is 19.8. The van der Waals surface area contributed by atoms with Gasteiger partial charge in [-0.2, -0.15) is 0 Å². The monoisotopic (exact) mass is 486 g/mol. The van der Waals surface area contributed by atoms with Gasteiger partial charge < -0.3 is 10.6 Å². The quantitative estimate of drug-likeness (QED) is 0.345. The predicted octanol–water partition coefficient (Wildman–Crippen LogP) is 3.01. The van der Waals surface area contributed by atoms with Gasteiger partial charge in [0.15, 0.2) is 0 Å². The molecule has 141 valence electrons. The lowest BCUT2D eigenvalue weighted by molar-refractivity contribution is -0.115. The number of imide groups is 1. The van der Waals surface area contributed by atoms with E-state index >= 15 is 0 Å². The molecule has 3 N–H and O–H groups in total. The number of benzene rings is 2. The lowest BCUT2D eigenvalue weighted by atomic mass is 9.95. The molecule has 0 saturated heterocycles. The molecule has 3 rings (SSSR count). The highest BCUT2D eigenvalue weighted by Crippen LogP contribution is 2.25. The third-order valence-electron chi connectivity index (χ3n) is 3.99. The molecule has 1 aliphatic heterocycles. The Morgan fingerprint density at radius 1 is 1.18 bits per heavy atom. The van der Waals surface area contributed by atoms with Crippen molar-refractivity contribution < 1.29 is 14.4 Å². The molecule has 0 aromatic heterocycles. The lowest BCUT2D eigenvalue weighted by Crippen LogP contribution is -2.37. The summed E-state index contributed by atoms with van der Waals surface area (Å²) in [7, 11) is 0. The van der Waals surface area contributed by atoms with Crippen LogP contribution in [0.3, 0.4) is 0 Å². The van der Waals surface area contributed by atoms with Crippen LogP contribution < -0.4 is 16.0 Å². The molecule has 1 heterocycles. The summed E-state index contributed by atoms with van der Waals surface area (Å²) in [5.74, 6) is -1.03. The summed E-state index contributed by atoms with van der Waals surface area (Å²) in [6, 6.07) is 13.7. The fourth-order valence-corrected chi connectivity index (χ4v) is 3.17. The van der Waals surface area contributed by atoms with Crippen LogP contribution in [0, 0.1) is 9.64 Å². The van der Waals surface area contributed by atoms with Gasteiger partial charge in [0.05, 0.1) is 5.57 Å². The summed E-state index contributed by atoms with van der Waals surface area (Å²) >= 11 is 2.14. The van der Waals surface area contributed by atoms with Gasteiger partial charge in [0.25, 0.3) is 11.8 Å². The van der Waals surface area contributed by atoms with Crippen LogP contribution in [0.1, 0.15) is 28.4 Å². The van der Waals surface area contributed by atoms with Crippen LogP contribution in [0.15, 0.2) is 54.8 Å². The van der Waals surface area contributed by atoms with Gasteiger partial charge >= 0.3 is 0 Å². The van der Waals surface area contributed by atoms with Crippen molar-refractivity contribution in [3.63, 3.8) is 0 Å². The maximum absolute atomic E-state index is 12.2. The summed E-state index contributed by atoms with van der Waals surface area (Å²) in [4.78, 5) is 35.7. The Hall–Kier alpha value is -2.94. The fraction of sp³-hybridized carbons (Fsp3) is 0.0952. The Bertz CT molecular complexity index is 994. The smallest absolute Gasteiger partial charge is 0.260 e. The lowest BCUT2D eigenvalue weighted by Gasteiger charge is -2.18. The van der Waals surface area contributed by atoms with Gasteiger partial charge in [-0.3, -0.25) is 19.7 Å². The molecule has 0 atom stereocenters. The summed E-state index contributed by atoms with van der Waals surface area (Å²) < 4.78 is 0.940. The van der Waals surface area contributed by atoms with Crippen molar-refractivity contribution in [2.75, 3.05) is 5.32 Å². The van der Waals surface area contributed by atoms with E-state index in [0.29, 0.717) is 28.9 Å². The summed E-state index contributed by atoms with van der Waals surface area (Å²) in [5, 5.41) is 8.16. The molecule has 1 aliphatic rings. The zero-order chi connectivity index (χ0) is 20.1. The number of hydrogen-bond acceptors (Lipinski definition) is 4. The van der Waals surface area contributed by atoms with Crippen LogP contribution in [-0.2, 0) is 16.1 Å². The van der Waals surface area contributed by atoms with E-state index in [1.165, 1.54) is 6.08 Å². The Labute approximate surface area is 176 Å². The number of carbonyl (C=O) groups is 3. The highest BCUT2D eigenvalue weighted by molar-refractivity contribution is 14.1. The molecule has 0 aliphatic carbocycles. The van der Waals surface area contributed by atoms with Crippen molar-refractivity contribution in [1.29, 1.82) is 0 Å². The van der Waals surface area contributed by atoms with Gasteiger partial charge in [-0.1, -0.05) is 12.1 Å². The Morgan fingerprint density at radius 3 is 2.71 bits per heavy atom. The standard InChI is InChI=1S/C21H17IN3O3/c1-2-3-19(26)24-15-7-4-13(5-8-15)11-23-12-18-17-10-14(22)6-9-16(17)20(27)25-21(18)28/h2-7,9-10,12,23H,11H2,1H3,(H,24,26)(H,25,27,28)/b3-2+,18-12-. The number of nitrogens with one attached hydrogen (secondary N) is 3. The van der Waals surface area contributed by atoms with E-state index in [2.05, 4.69) is 44.6 Å². The first-order valence-electron chi connectivity index (χ1n) is 8.51. The van der Waals surface area contributed by atoms with E-state index in [0.717, 1.165) is 9.13 Å². The Kier molecular flexibility index (Phi) is 6.25. The molecule has 28 heavy (non-hydrogen) atoms. The van der Waals surface area contributed by atoms with Crippen molar-refractivity contribution in [1.82, 2.24) is 10.6 Å². The first-order valence-corrected chi connectivity index (χ1v) is 9.59. The Balaban J connectivity index is 1.70. The highest BCUT2D eigenvalue weighted by atomic mass is 127. The van der Waals surface area contributed by atoms with Crippen LogP contribution in [0.25, 0.3) is 5.57 Å². The molecule has 0 spiro atoms. The summed E-state index contributed by atoms with van der Waals surface area (Å²) in [6.07, 6.45) is 4.71. The van der Waals surface area contributed by atoms with Crippen molar-refractivity contribution in [2.24, 2.45) is 0 Å². The second-order valence-corrected chi connectivity index (χ2v) is 7.26. The third kappa shape index (κ3) is 4.66. The number of amides is 3. The molecular weight excluding hydrogens is 469 g/mol. The average Bonchev–Trinajstić information content (AvgIpc) is 2.65. The van der Waals surface area contributed by atoms with Crippen molar-refractivity contribution >= 4 is 51.6 Å². The second-order valence-electron chi connectivity index (χ2n) is 6.01. The van der Waals surface area contributed by atoms with Gasteiger partial charge in [0.2, 0.25) is 5.91 Å². The van der Waals surface area contributed by atoms with Gasteiger partial charge in [-0.15, -0.1) is 0 Å². The minimum Gasteiger partial charge on any atom is -0.386 e. The minimum atomic E-state index is -0.430. The maximum Gasteiger partial charge on any atom is 0.260 e. The zero-order valence-electron chi connectivity index (χ0n) is 15.0. The summed E-state index contributed by atoms with van der Waals surface area (Å²) in [6.45, 7) is 2.23. The van der Waals surface area contributed by atoms with Gasteiger partial charge in [0, 0.05) is 39.2 Å². The van der Waals surface area contributed by atoms with E-state index in [1.807, 2.05) is 18.2 Å². The van der Waals surface area contributed by atoms with Crippen molar-refractivity contribution in [3.8, 4) is 0 Å².